The van der Waals surface area contributed by atoms with Gasteiger partial charge in [0, 0.05) is 30.4 Å². The molecule has 1 aliphatic heterocycles. The van der Waals surface area contributed by atoms with Gasteiger partial charge in [-0.3, -0.25) is 9.59 Å². The number of carbonyl (C=O) groups excluding carboxylic acids is 1. The van der Waals surface area contributed by atoms with Crippen molar-refractivity contribution in [2.45, 2.75) is 45.2 Å². The van der Waals surface area contributed by atoms with E-state index in [1.165, 1.54) is 17.5 Å². The standard InChI is InChI=1S/C22H29N5O2/c1-15(26-12-6-7-13-26)10-11-23-21(28)16(2)27-19-9-5-4-8-17(19)18-14-24-25(3)22(29)20(18)27/h4-5,8-9,14-16H,6-7,10-13H2,1-3H3,(H,23,28)/t15-,16+/m1/s1. The van der Waals surface area contributed by atoms with Crippen molar-refractivity contribution in [2.24, 2.45) is 7.05 Å². The normalized spacial score (nSPS) is 17.1. The average Bonchev–Trinajstić information content (AvgIpc) is 3.37. The summed E-state index contributed by atoms with van der Waals surface area (Å²) in [5.74, 6) is -0.0693. The highest BCUT2D eigenvalue weighted by atomic mass is 16.2. The zero-order valence-electron chi connectivity index (χ0n) is 17.4. The minimum atomic E-state index is -0.491. The monoisotopic (exact) mass is 395 g/mol. The molecular weight excluding hydrogens is 366 g/mol. The zero-order chi connectivity index (χ0) is 20.5. The van der Waals surface area contributed by atoms with Crippen LogP contribution >= 0.6 is 0 Å². The summed E-state index contributed by atoms with van der Waals surface area (Å²) in [5, 5.41) is 8.97. The first-order valence-electron chi connectivity index (χ1n) is 10.5. The summed E-state index contributed by atoms with van der Waals surface area (Å²) in [4.78, 5) is 28.3. The molecule has 0 radical (unpaired) electrons. The molecule has 0 spiro atoms. The lowest BCUT2D eigenvalue weighted by Crippen LogP contribution is -2.37. The van der Waals surface area contributed by atoms with E-state index in [1.807, 2.05) is 35.8 Å². The van der Waals surface area contributed by atoms with Gasteiger partial charge in [0.15, 0.2) is 0 Å². The van der Waals surface area contributed by atoms with Crippen molar-refractivity contribution in [2.75, 3.05) is 19.6 Å². The Bertz CT molecular complexity index is 1090. The summed E-state index contributed by atoms with van der Waals surface area (Å²) in [6, 6.07) is 7.77. The van der Waals surface area contributed by atoms with Gasteiger partial charge < -0.3 is 14.8 Å². The summed E-state index contributed by atoms with van der Waals surface area (Å²) < 4.78 is 3.17. The molecule has 1 aromatic carbocycles. The molecule has 1 fully saturated rings. The third kappa shape index (κ3) is 3.55. The lowest BCUT2D eigenvalue weighted by atomic mass is 10.2. The smallest absolute Gasteiger partial charge is 0.291 e. The Morgan fingerprint density at radius 1 is 1.17 bits per heavy atom. The maximum atomic E-state index is 13.0. The fourth-order valence-corrected chi connectivity index (χ4v) is 4.42. The number of carbonyl (C=O) groups is 1. The number of aromatic nitrogens is 3. The molecule has 2 aromatic heterocycles. The molecule has 3 heterocycles. The molecule has 154 valence electrons. The number of nitrogens with one attached hydrogen (secondary N) is 1. The minimum Gasteiger partial charge on any atom is -0.354 e. The summed E-state index contributed by atoms with van der Waals surface area (Å²) in [6.07, 6.45) is 5.17. The predicted molar refractivity (Wildman–Crippen MR) is 115 cm³/mol. The molecule has 4 rings (SSSR count). The SMILES string of the molecule is C[C@H](CCNC(=O)[C@H](C)n1c2ccccc2c2cnn(C)c(=O)c21)N1CCCC1. The lowest BCUT2D eigenvalue weighted by Gasteiger charge is -2.24. The van der Waals surface area contributed by atoms with Crippen molar-refractivity contribution in [3.63, 3.8) is 0 Å². The van der Waals surface area contributed by atoms with Gasteiger partial charge in [0.1, 0.15) is 11.6 Å². The molecule has 3 aromatic rings. The van der Waals surface area contributed by atoms with Gasteiger partial charge in [0.05, 0.1) is 11.7 Å². The van der Waals surface area contributed by atoms with Crippen molar-refractivity contribution in [3.8, 4) is 0 Å². The number of hydrogen-bond donors (Lipinski definition) is 1. The number of para-hydroxylation sites is 1. The van der Waals surface area contributed by atoms with Crippen LogP contribution in [0.1, 0.15) is 39.2 Å². The van der Waals surface area contributed by atoms with E-state index >= 15 is 0 Å². The summed E-state index contributed by atoms with van der Waals surface area (Å²) in [7, 11) is 1.63. The Balaban J connectivity index is 1.58. The largest absolute Gasteiger partial charge is 0.354 e. The number of benzene rings is 1. The molecule has 7 heteroatoms. The number of hydrogen-bond acceptors (Lipinski definition) is 4. The van der Waals surface area contributed by atoms with E-state index in [0.29, 0.717) is 18.1 Å². The molecule has 0 saturated carbocycles. The van der Waals surface area contributed by atoms with Gasteiger partial charge in [0.2, 0.25) is 5.91 Å². The highest BCUT2D eigenvalue weighted by Crippen LogP contribution is 2.29. The minimum absolute atomic E-state index is 0.0693. The van der Waals surface area contributed by atoms with Gasteiger partial charge >= 0.3 is 0 Å². The van der Waals surface area contributed by atoms with Crippen LogP contribution in [0.15, 0.2) is 35.3 Å². The van der Waals surface area contributed by atoms with E-state index < -0.39 is 6.04 Å². The number of aryl methyl sites for hydroxylation is 1. The average molecular weight is 396 g/mol. The number of rotatable bonds is 6. The van der Waals surface area contributed by atoms with Crippen molar-refractivity contribution < 1.29 is 4.79 Å². The Labute approximate surface area is 170 Å². The van der Waals surface area contributed by atoms with Crippen LogP contribution in [0, 0.1) is 0 Å². The van der Waals surface area contributed by atoms with Crippen molar-refractivity contribution in [3.05, 3.63) is 40.8 Å². The Kier molecular flexibility index (Phi) is 5.41. The second-order valence-electron chi connectivity index (χ2n) is 8.07. The van der Waals surface area contributed by atoms with E-state index in [4.69, 9.17) is 0 Å². The van der Waals surface area contributed by atoms with Gasteiger partial charge in [-0.2, -0.15) is 5.10 Å². The van der Waals surface area contributed by atoms with Crippen LogP contribution in [-0.2, 0) is 11.8 Å². The predicted octanol–water partition coefficient (Wildman–Crippen LogP) is 2.44. The third-order valence-corrected chi connectivity index (χ3v) is 6.20. The first-order chi connectivity index (χ1) is 14.0. The van der Waals surface area contributed by atoms with Crippen molar-refractivity contribution in [1.29, 1.82) is 0 Å². The number of nitrogens with zero attached hydrogens (tertiary/aromatic N) is 4. The fourth-order valence-electron chi connectivity index (χ4n) is 4.42. The maximum absolute atomic E-state index is 13.0. The van der Waals surface area contributed by atoms with Gasteiger partial charge in [-0.05, 0) is 52.3 Å². The Hall–Kier alpha value is -2.67. The topological polar surface area (TPSA) is 72.2 Å². The molecule has 29 heavy (non-hydrogen) atoms. The quantitative estimate of drug-likeness (QED) is 0.696. The van der Waals surface area contributed by atoms with Crippen LogP contribution in [0.25, 0.3) is 21.8 Å². The Morgan fingerprint density at radius 2 is 1.90 bits per heavy atom. The van der Waals surface area contributed by atoms with E-state index in [-0.39, 0.29) is 11.5 Å². The van der Waals surface area contributed by atoms with Gasteiger partial charge in [-0.25, -0.2) is 4.68 Å². The summed E-state index contributed by atoms with van der Waals surface area (Å²) in [6.45, 7) is 7.03. The zero-order valence-corrected chi connectivity index (χ0v) is 17.4. The van der Waals surface area contributed by atoms with E-state index in [1.54, 1.807) is 13.2 Å². The van der Waals surface area contributed by atoms with E-state index in [9.17, 15) is 9.59 Å². The van der Waals surface area contributed by atoms with Crippen LogP contribution in [0.2, 0.25) is 0 Å². The number of fused-ring (bicyclic) bond motifs is 3. The highest BCUT2D eigenvalue weighted by molar-refractivity contribution is 6.08. The maximum Gasteiger partial charge on any atom is 0.291 e. The summed E-state index contributed by atoms with van der Waals surface area (Å²) in [5.41, 5.74) is 1.21. The van der Waals surface area contributed by atoms with Crippen LogP contribution in [0.4, 0.5) is 0 Å². The van der Waals surface area contributed by atoms with E-state index in [2.05, 4.69) is 22.2 Å². The molecule has 7 nitrogen and oxygen atoms in total. The number of likely N-dealkylation sites (tertiary alicyclic amines) is 1. The van der Waals surface area contributed by atoms with E-state index in [0.717, 1.165) is 35.8 Å². The van der Waals surface area contributed by atoms with Crippen LogP contribution in [0.5, 0.6) is 0 Å². The second-order valence-corrected chi connectivity index (χ2v) is 8.07. The third-order valence-electron chi connectivity index (χ3n) is 6.20. The first-order valence-corrected chi connectivity index (χ1v) is 10.5. The van der Waals surface area contributed by atoms with Gasteiger partial charge in [-0.1, -0.05) is 18.2 Å². The van der Waals surface area contributed by atoms with Crippen molar-refractivity contribution >= 4 is 27.7 Å². The highest BCUT2D eigenvalue weighted by Gasteiger charge is 2.23. The molecule has 0 aliphatic carbocycles. The molecule has 1 aliphatic rings. The van der Waals surface area contributed by atoms with Crippen LogP contribution in [0.3, 0.4) is 0 Å². The van der Waals surface area contributed by atoms with Gasteiger partial charge in [-0.15, -0.1) is 0 Å². The molecule has 1 N–H and O–H groups in total. The van der Waals surface area contributed by atoms with Crippen LogP contribution < -0.4 is 10.9 Å². The molecule has 1 amide bonds. The first kappa shape index (κ1) is 19.6. The molecule has 1 saturated heterocycles. The lowest BCUT2D eigenvalue weighted by molar-refractivity contribution is -0.123. The second kappa shape index (κ2) is 7.99. The van der Waals surface area contributed by atoms with Gasteiger partial charge in [0.25, 0.3) is 5.56 Å². The molecule has 2 atom stereocenters. The van der Waals surface area contributed by atoms with Crippen molar-refractivity contribution in [1.82, 2.24) is 24.6 Å². The summed E-state index contributed by atoms with van der Waals surface area (Å²) >= 11 is 0. The molecular formula is C22H29N5O2. The molecule has 0 unspecified atom stereocenters. The molecule has 0 bridgehead atoms. The Morgan fingerprint density at radius 3 is 2.66 bits per heavy atom. The fraction of sp³-hybridized carbons (Fsp3) is 0.500. The van der Waals surface area contributed by atoms with Crippen LogP contribution in [-0.4, -0.2) is 50.8 Å². The number of amides is 1.